The molecule has 0 fully saturated rings. The van der Waals surface area contributed by atoms with Gasteiger partial charge in [-0.05, 0) is 12.1 Å². The number of benzene rings is 1. The van der Waals surface area contributed by atoms with Crippen molar-refractivity contribution in [1.29, 1.82) is 0 Å². The SMILES string of the molecule is O=S(=O)([O-])c1ccccc1S(=O)(=O)[O-].[Rb+].[Rb+]. The van der Waals surface area contributed by atoms with Gasteiger partial charge in [0.2, 0.25) is 0 Å². The summed E-state index contributed by atoms with van der Waals surface area (Å²) >= 11 is 0. The van der Waals surface area contributed by atoms with Crippen molar-refractivity contribution in [1.82, 2.24) is 0 Å². The van der Waals surface area contributed by atoms with Crippen LogP contribution in [-0.4, -0.2) is 25.9 Å². The molecule has 0 N–H and O–H groups in total. The number of rotatable bonds is 2. The van der Waals surface area contributed by atoms with Crippen LogP contribution in [0.2, 0.25) is 0 Å². The van der Waals surface area contributed by atoms with Crippen LogP contribution >= 0.6 is 0 Å². The first-order chi connectivity index (χ1) is 6.23. The van der Waals surface area contributed by atoms with Crippen molar-refractivity contribution in [3.63, 3.8) is 0 Å². The van der Waals surface area contributed by atoms with Crippen molar-refractivity contribution in [2.75, 3.05) is 0 Å². The zero-order valence-electron chi connectivity index (χ0n) is 8.58. The molecule has 10 heteroatoms. The first kappa shape index (κ1) is 21.0. The van der Waals surface area contributed by atoms with E-state index in [4.69, 9.17) is 0 Å². The predicted octanol–water partition coefficient (Wildman–Crippen LogP) is -6.50. The van der Waals surface area contributed by atoms with Gasteiger partial charge in [0.1, 0.15) is 20.2 Å². The van der Waals surface area contributed by atoms with E-state index in [0.717, 1.165) is 24.3 Å². The van der Waals surface area contributed by atoms with Crippen molar-refractivity contribution < 1.29 is 142 Å². The molecule has 0 aromatic heterocycles. The van der Waals surface area contributed by atoms with E-state index in [1.807, 2.05) is 0 Å². The Hall–Kier alpha value is 2.65. The second kappa shape index (κ2) is 8.05. The van der Waals surface area contributed by atoms with Crippen LogP contribution in [0.1, 0.15) is 0 Å². The quantitative estimate of drug-likeness (QED) is 0.451. The van der Waals surface area contributed by atoms with Crippen LogP contribution in [0.25, 0.3) is 0 Å². The van der Waals surface area contributed by atoms with E-state index in [-0.39, 0.29) is 116 Å². The molecule has 0 atom stereocenters. The van der Waals surface area contributed by atoms with Crippen LogP contribution < -0.4 is 116 Å². The first-order valence-electron chi connectivity index (χ1n) is 3.24. The molecule has 0 aliphatic rings. The normalized spacial score (nSPS) is 11.1. The maximum atomic E-state index is 10.5. The summed E-state index contributed by atoms with van der Waals surface area (Å²) in [5.41, 5.74) is 0. The van der Waals surface area contributed by atoms with Gasteiger partial charge in [-0.3, -0.25) is 0 Å². The molecule has 0 bridgehead atoms. The van der Waals surface area contributed by atoms with Gasteiger partial charge in [0, 0.05) is 0 Å². The number of hydrogen-bond donors (Lipinski definition) is 0. The van der Waals surface area contributed by atoms with Gasteiger partial charge in [0.05, 0.1) is 9.79 Å². The van der Waals surface area contributed by atoms with E-state index in [1.165, 1.54) is 0 Å². The molecule has 6 nitrogen and oxygen atoms in total. The Labute approximate surface area is 191 Å². The van der Waals surface area contributed by atoms with Gasteiger partial charge in [-0.2, -0.15) is 0 Å². The van der Waals surface area contributed by atoms with Crippen LogP contribution in [0.4, 0.5) is 0 Å². The van der Waals surface area contributed by atoms with E-state index in [9.17, 15) is 25.9 Å². The van der Waals surface area contributed by atoms with Crippen molar-refractivity contribution in [3.05, 3.63) is 24.3 Å². The van der Waals surface area contributed by atoms with Gasteiger partial charge >= 0.3 is 116 Å². The van der Waals surface area contributed by atoms with E-state index >= 15 is 0 Å². The Kier molecular flexibility index (Phi) is 10.5. The van der Waals surface area contributed by atoms with Crippen molar-refractivity contribution >= 4 is 20.2 Å². The fourth-order valence-corrected chi connectivity index (χ4v) is 2.59. The van der Waals surface area contributed by atoms with Crippen molar-refractivity contribution in [2.45, 2.75) is 9.79 Å². The zero-order chi connectivity index (χ0) is 11.0. The Morgan fingerprint density at radius 2 is 1.00 bits per heavy atom. The minimum Gasteiger partial charge on any atom is -0.744 e. The second-order valence-corrected chi connectivity index (χ2v) is 5.05. The van der Waals surface area contributed by atoms with Gasteiger partial charge < -0.3 is 9.11 Å². The third-order valence-electron chi connectivity index (χ3n) is 1.39. The van der Waals surface area contributed by atoms with E-state index in [1.54, 1.807) is 0 Å². The van der Waals surface area contributed by atoms with Crippen LogP contribution in [0.15, 0.2) is 34.1 Å². The van der Waals surface area contributed by atoms with Crippen LogP contribution in [0.5, 0.6) is 0 Å². The average molecular weight is 407 g/mol. The van der Waals surface area contributed by atoms with Gasteiger partial charge in [-0.25, -0.2) is 16.8 Å². The van der Waals surface area contributed by atoms with E-state index in [0.29, 0.717) is 0 Å². The molecule has 0 saturated heterocycles. The molecule has 1 aromatic rings. The third-order valence-corrected chi connectivity index (χ3v) is 3.31. The molecular formula is C6H4O6Rb2S2. The molecule has 0 aliphatic carbocycles. The molecule has 0 unspecified atom stereocenters. The van der Waals surface area contributed by atoms with Crippen LogP contribution in [0.3, 0.4) is 0 Å². The summed E-state index contributed by atoms with van der Waals surface area (Å²) in [4.78, 5) is -2.04. The largest absolute Gasteiger partial charge is 1.00 e. The van der Waals surface area contributed by atoms with Gasteiger partial charge in [-0.15, -0.1) is 0 Å². The van der Waals surface area contributed by atoms with Crippen LogP contribution in [0, 0.1) is 0 Å². The Bertz CT molecular complexity index is 499. The molecule has 1 rings (SSSR count). The molecule has 0 aliphatic heterocycles. The fourth-order valence-electron chi connectivity index (χ4n) is 0.863. The zero-order valence-corrected chi connectivity index (χ0v) is 20.0. The van der Waals surface area contributed by atoms with Gasteiger partial charge in [-0.1, -0.05) is 12.1 Å². The maximum Gasteiger partial charge on any atom is 1.00 e. The standard InChI is InChI=1S/C6H6O6S2.2Rb/c7-13(8,9)5-3-1-2-4-6(5)14(10,11)12;;/h1-4H,(H,7,8,9)(H,10,11,12);;/q;2*+1/p-2. The smallest absolute Gasteiger partial charge is 0.744 e. The van der Waals surface area contributed by atoms with E-state index in [2.05, 4.69) is 0 Å². The third kappa shape index (κ3) is 6.20. The molecule has 0 spiro atoms. The summed E-state index contributed by atoms with van der Waals surface area (Å²) in [7, 11) is -9.89. The maximum absolute atomic E-state index is 10.5. The fraction of sp³-hybridized carbons (Fsp3) is 0. The second-order valence-electron chi connectivity index (χ2n) is 2.35. The average Bonchev–Trinajstić information content (AvgIpc) is 2.01. The summed E-state index contributed by atoms with van der Waals surface area (Å²) in [6.45, 7) is 0. The monoisotopic (exact) mass is 406 g/mol. The summed E-state index contributed by atoms with van der Waals surface area (Å²) in [5, 5.41) is 0. The minimum atomic E-state index is -4.95. The molecule has 0 amide bonds. The van der Waals surface area contributed by atoms with Crippen molar-refractivity contribution in [2.24, 2.45) is 0 Å². The first-order valence-corrected chi connectivity index (χ1v) is 6.05. The minimum absolute atomic E-state index is 0. The molecule has 78 valence electrons. The van der Waals surface area contributed by atoms with Crippen molar-refractivity contribution in [3.8, 4) is 0 Å². The molecule has 1 aromatic carbocycles. The molecular weight excluding hydrogens is 403 g/mol. The molecule has 0 saturated carbocycles. The summed E-state index contributed by atoms with van der Waals surface area (Å²) in [5.74, 6) is 0. The summed E-state index contributed by atoms with van der Waals surface area (Å²) in [6, 6.07) is 3.85. The van der Waals surface area contributed by atoms with E-state index < -0.39 is 30.0 Å². The Morgan fingerprint density at radius 3 is 1.19 bits per heavy atom. The van der Waals surface area contributed by atoms with Gasteiger partial charge in [0.25, 0.3) is 0 Å². The Balaban J connectivity index is 0. The van der Waals surface area contributed by atoms with Crippen LogP contribution in [-0.2, 0) is 20.2 Å². The topological polar surface area (TPSA) is 114 Å². The van der Waals surface area contributed by atoms with Gasteiger partial charge in [0.15, 0.2) is 0 Å². The molecule has 16 heavy (non-hydrogen) atoms. The Morgan fingerprint density at radius 1 is 0.750 bits per heavy atom. The summed E-state index contributed by atoms with van der Waals surface area (Å²) < 4.78 is 63.2. The predicted molar refractivity (Wildman–Crippen MR) is 42.4 cm³/mol. The molecule has 0 heterocycles. The summed E-state index contributed by atoms with van der Waals surface area (Å²) in [6.07, 6.45) is 0. The number of hydrogen-bond acceptors (Lipinski definition) is 6. The molecule has 0 radical (unpaired) electrons.